The first-order valence-electron chi connectivity index (χ1n) is 5.56. The number of nitrogens with two attached hydrogens (primary N) is 1. The van der Waals surface area contributed by atoms with Crippen LogP contribution >= 0.6 is 0 Å². The first kappa shape index (κ1) is 13.9. The van der Waals surface area contributed by atoms with Crippen LogP contribution in [0.2, 0.25) is 0 Å². The Balaban J connectivity index is 2.35. The van der Waals surface area contributed by atoms with Crippen LogP contribution in [0.5, 0.6) is 0 Å². The predicted molar refractivity (Wildman–Crippen MR) is 67.7 cm³/mol. The average molecular weight is 281 g/mol. The molecule has 0 unspecified atom stereocenters. The van der Waals surface area contributed by atoms with Gasteiger partial charge in [0.2, 0.25) is 0 Å². The number of hydrogen-bond acceptors (Lipinski definition) is 3. The number of benzene rings is 1. The Labute approximate surface area is 112 Å². The summed E-state index contributed by atoms with van der Waals surface area (Å²) in [4.78, 5) is 15.8. The Kier molecular flexibility index (Phi) is 3.60. The van der Waals surface area contributed by atoms with Crippen molar-refractivity contribution in [2.24, 2.45) is 0 Å². The first-order valence-corrected chi connectivity index (χ1v) is 5.56. The molecule has 4 nitrogen and oxygen atoms in total. The molecule has 0 radical (unpaired) electrons. The van der Waals surface area contributed by atoms with Gasteiger partial charge in [0.05, 0.1) is 28.8 Å². The summed E-state index contributed by atoms with van der Waals surface area (Å²) in [5, 5.41) is 2.09. The van der Waals surface area contributed by atoms with Gasteiger partial charge in [-0.05, 0) is 13.0 Å². The SMILES string of the molecule is Cc1ncc(N)cc1C(=O)Nc1cc(F)cc(F)c1F. The summed E-state index contributed by atoms with van der Waals surface area (Å²) >= 11 is 0. The normalized spacial score (nSPS) is 10.4. The molecule has 1 amide bonds. The Morgan fingerprint density at radius 2 is 1.95 bits per heavy atom. The van der Waals surface area contributed by atoms with Crippen molar-refractivity contribution in [2.45, 2.75) is 6.92 Å². The molecular formula is C13H10F3N3O. The van der Waals surface area contributed by atoms with Gasteiger partial charge in [-0.15, -0.1) is 0 Å². The zero-order valence-electron chi connectivity index (χ0n) is 10.4. The summed E-state index contributed by atoms with van der Waals surface area (Å²) in [5.41, 5.74) is 5.60. The van der Waals surface area contributed by atoms with E-state index in [9.17, 15) is 18.0 Å². The molecule has 2 aromatic rings. The number of hydrogen-bond donors (Lipinski definition) is 2. The smallest absolute Gasteiger partial charge is 0.257 e. The number of rotatable bonds is 2. The van der Waals surface area contributed by atoms with Gasteiger partial charge >= 0.3 is 0 Å². The molecule has 1 aromatic heterocycles. The molecule has 0 aliphatic heterocycles. The highest BCUT2D eigenvalue weighted by molar-refractivity contribution is 6.05. The van der Waals surface area contributed by atoms with E-state index in [4.69, 9.17) is 5.73 Å². The minimum absolute atomic E-state index is 0.0917. The molecule has 0 fully saturated rings. The van der Waals surface area contributed by atoms with Crippen LogP contribution < -0.4 is 11.1 Å². The average Bonchev–Trinajstić information content (AvgIpc) is 2.38. The molecule has 1 heterocycles. The molecule has 0 saturated carbocycles. The standard InChI is InChI=1S/C13H10F3N3O/c1-6-9(4-8(17)5-18-6)13(20)19-11-3-7(14)2-10(15)12(11)16/h2-5H,17H2,1H3,(H,19,20). The molecular weight excluding hydrogens is 271 g/mol. The summed E-state index contributed by atoms with van der Waals surface area (Å²) < 4.78 is 39.5. The lowest BCUT2D eigenvalue weighted by Gasteiger charge is -2.09. The Morgan fingerprint density at radius 1 is 1.25 bits per heavy atom. The third kappa shape index (κ3) is 2.71. The van der Waals surface area contributed by atoms with E-state index >= 15 is 0 Å². The third-order valence-electron chi connectivity index (χ3n) is 2.59. The number of pyridine rings is 1. The van der Waals surface area contributed by atoms with Gasteiger partial charge in [0.25, 0.3) is 5.91 Å². The Hall–Kier alpha value is -2.57. The molecule has 7 heteroatoms. The fourth-order valence-corrected chi connectivity index (χ4v) is 1.62. The Morgan fingerprint density at radius 3 is 2.65 bits per heavy atom. The van der Waals surface area contributed by atoms with Gasteiger partial charge in [-0.1, -0.05) is 0 Å². The minimum Gasteiger partial charge on any atom is -0.397 e. The summed E-state index contributed by atoms with van der Waals surface area (Å²) in [6.07, 6.45) is 1.36. The van der Waals surface area contributed by atoms with Crippen LogP contribution in [0.3, 0.4) is 0 Å². The summed E-state index contributed by atoms with van der Waals surface area (Å²) in [6.45, 7) is 1.55. The van der Waals surface area contributed by atoms with Crippen molar-refractivity contribution in [3.63, 3.8) is 0 Å². The quantitative estimate of drug-likeness (QED) is 0.831. The van der Waals surface area contributed by atoms with Crippen LogP contribution in [0.4, 0.5) is 24.5 Å². The topological polar surface area (TPSA) is 68.0 Å². The van der Waals surface area contributed by atoms with Crippen LogP contribution in [-0.4, -0.2) is 10.9 Å². The van der Waals surface area contributed by atoms with Gasteiger partial charge in [0.15, 0.2) is 11.6 Å². The van der Waals surface area contributed by atoms with Gasteiger partial charge in [-0.3, -0.25) is 9.78 Å². The number of carbonyl (C=O) groups is 1. The van der Waals surface area contributed by atoms with Gasteiger partial charge in [0, 0.05) is 12.1 Å². The van der Waals surface area contributed by atoms with E-state index in [0.29, 0.717) is 17.8 Å². The lowest BCUT2D eigenvalue weighted by atomic mass is 10.1. The molecule has 0 bridgehead atoms. The molecule has 0 saturated heterocycles. The number of nitrogen functional groups attached to an aromatic ring is 1. The highest BCUT2D eigenvalue weighted by Crippen LogP contribution is 2.20. The molecule has 1 aromatic carbocycles. The van der Waals surface area contributed by atoms with Crippen molar-refractivity contribution in [1.29, 1.82) is 0 Å². The second kappa shape index (κ2) is 5.20. The number of nitrogens with one attached hydrogen (secondary N) is 1. The highest BCUT2D eigenvalue weighted by Gasteiger charge is 2.16. The third-order valence-corrected chi connectivity index (χ3v) is 2.59. The van der Waals surface area contributed by atoms with Gasteiger partial charge in [-0.25, -0.2) is 13.2 Å². The van der Waals surface area contributed by atoms with Crippen molar-refractivity contribution in [3.05, 3.63) is 53.1 Å². The highest BCUT2D eigenvalue weighted by atomic mass is 19.2. The minimum atomic E-state index is -1.39. The molecule has 0 aliphatic carbocycles. The molecule has 20 heavy (non-hydrogen) atoms. The van der Waals surface area contributed by atoms with Gasteiger partial charge in [-0.2, -0.15) is 0 Å². The summed E-state index contributed by atoms with van der Waals surface area (Å²) in [6, 6.07) is 2.41. The largest absolute Gasteiger partial charge is 0.397 e. The van der Waals surface area contributed by atoms with E-state index in [1.165, 1.54) is 12.3 Å². The van der Waals surface area contributed by atoms with Crippen molar-refractivity contribution in [3.8, 4) is 0 Å². The van der Waals surface area contributed by atoms with Crippen LogP contribution in [0.25, 0.3) is 0 Å². The maximum atomic E-state index is 13.4. The lowest BCUT2D eigenvalue weighted by molar-refractivity contribution is 0.102. The van der Waals surface area contributed by atoms with E-state index in [-0.39, 0.29) is 11.3 Å². The van der Waals surface area contributed by atoms with Gasteiger partial charge < -0.3 is 11.1 Å². The monoisotopic (exact) mass is 281 g/mol. The molecule has 0 atom stereocenters. The fraction of sp³-hybridized carbons (Fsp3) is 0.0769. The number of aromatic nitrogens is 1. The van der Waals surface area contributed by atoms with Gasteiger partial charge in [0.1, 0.15) is 5.82 Å². The van der Waals surface area contributed by atoms with E-state index in [1.807, 2.05) is 0 Å². The summed E-state index contributed by atoms with van der Waals surface area (Å²) in [7, 11) is 0. The van der Waals surface area contributed by atoms with Crippen molar-refractivity contribution < 1.29 is 18.0 Å². The second-order valence-electron chi connectivity index (χ2n) is 4.10. The predicted octanol–water partition coefficient (Wildman–Crippen LogP) is 2.64. The van der Waals surface area contributed by atoms with E-state index < -0.39 is 29.0 Å². The van der Waals surface area contributed by atoms with E-state index in [1.54, 1.807) is 6.92 Å². The number of nitrogens with zero attached hydrogens (tertiary/aromatic N) is 1. The van der Waals surface area contributed by atoms with Crippen LogP contribution in [0.1, 0.15) is 16.1 Å². The van der Waals surface area contributed by atoms with Crippen molar-refractivity contribution in [1.82, 2.24) is 4.98 Å². The number of amides is 1. The number of aryl methyl sites for hydroxylation is 1. The lowest BCUT2D eigenvalue weighted by Crippen LogP contribution is -2.16. The molecule has 0 spiro atoms. The molecule has 3 N–H and O–H groups in total. The Bertz CT molecular complexity index is 689. The van der Waals surface area contributed by atoms with E-state index in [0.717, 1.165) is 0 Å². The second-order valence-corrected chi connectivity index (χ2v) is 4.10. The fourth-order valence-electron chi connectivity index (χ4n) is 1.62. The zero-order valence-corrected chi connectivity index (χ0v) is 10.4. The van der Waals surface area contributed by atoms with Crippen LogP contribution in [0, 0.1) is 24.4 Å². The van der Waals surface area contributed by atoms with Crippen LogP contribution in [-0.2, 0) is 0 Å². The first-order chi connectivity index (χ1) is 9.38. The summed E-state index contributed by atoms with van der Waals surface area (Å²) in [5.74, 6) is -4.48. The van der Waals surface area contributed by atoms with E-state index in [2.05, 4.69) is 10.3 Å². The van der Waals surface area contributed by atoms with Crippen LogP contribution in [0.15, 0.2) is 24.4 Å². The number of halogens is 3. The van der Waals surface area contributed by atoms with Crippen molar-refractivity contribution >= 4 is 17.3 Å². The maximum Gasteiger partial charge on any atom is 0.257 e. The maximum absolute atomic E-state index is 13.4. The number of anilines is 2. The molecule has 104 valence electrons. The number of carbonyl (C=O) groups excluding carboxylic acids is 1. The van der Waals surface area contributed by atoms with Crippen molar-refractivity contribution in [2.75, 3.05) is 11.1 Å². The molecule has 2 rings (SSSR count). The zero-order chi connectivity index (χ0) is 14.9. The molecule has 0 aliphatic rings.